The molecule has 1 atom stereocenters. The molecule has 0 amide bonds. The summed E-state index contributed by atoms with van der Waals surface area (Å²) in [6, 6.07) is 15.9. The maximum atomic E-state index is 12.2. The van der Waals surface area contributed by atoms with Gasteiger partial charge in [0.1, 0.15) is 6.61 Å². The van der Waals surface area contributed by atoms with Crippen molar-refractivity contribution in [3.05, 3.63) is 71.3 Å². The van der Waals surface area contributed by atoms with Crippen LogP contribution in [0.5, 0.6) is 0 Å². The molecule has 4 nitrogen and oxygen atoms in total. The summed E-state index contributed by atoms with van der Waals surface area (Å²) in [5.41, 5.74) is 1.78. The Morgan fingerprint density at radius 2 is 1.48 bits per heavy atom. The standard InChI is InChI=1S/C23H28O4/c1-3-4-5-7-10-18(2)27-23(25)21-15-13-20(14-16-21)22(24)26-17-19-11-8-6-9-12-19/h6,8-9,11-16,18H,3-5,7,10,17H2,1-2H3/t18-/m1/s1. The fourth-order valence-electron chi connectivity index (χ4n) is 2.72. The number of hydrogen-bond donors (Lipinski definition) is 0. The van der Waals surface area contributed by atoms with Crippen LogP contribution in [0.4, 0.5) is 0 Å². The van der Waals surface area contributed by atoms with E-state index in [1.807, 2.05) is 37.3 Å². The van der Waals surface area contributed by atoms with Crippen LogP contribution in [0, 0.1) is 0 Å². The largest absolute Gasteiger partial charge is 0.459 e. The highest BCUT2D eigenvalue weighted by atomic mass is 16.5. The monoisotopic (exact) mass is 368 g/mol. The molecule has 0 spiro atoms. The third-order valence-corrected chi connectivity index (χ3v) is 4.34. The molecular formula is C23H28O4. The molecule has 0 saturated heterocycles. The van der Waals surface area contributed by atoms with Gasteiger partial charge in [-0.2, -0.15) is 0 Å². The van der Waals surface area contributed by atoms with Crippen LogP contribution >= 0.6 is 0 Å². The van der Waals surface area contributed by atoms with Gasteiger partial charge in [0.05, 0.1) is 17.2 Å². The number of carbonyl (C=O) groups is 2. The van der Waals surface area contributed by atoms with E-state index in [1.54, 1.807) is 24.3 Å². The number of hydrogen-bond acceptors (Lipinski definition) is 4. The van der Waals surface area contributed by atoms with Crippen molar-refractivity contribution in [3.8, 4) is 0 Å². The minimum Gasteiger partial charge on any atom is -0.459 e. The Kier molecular flexibility index (Phi) is 8.56. The maximum Gasteiger partial charge on any atom is 0.338 e. The second-order valence-corrected chi connectivity index (χ2v) is 6.70. The van der Waals surface area contributed by atoms with E-state index in [4.69, 9.17) is 9.47 Å². The fraction of sp³-hybridized carbons (Fsp3) is 0.391. The lowest BCUT2D eigenvalue weighted by molar-refractivity contribution is 0.0318. The van der Waals surface area contributed by atoms with Gasteiger partial charge in [0.25, 0.3) is 0 Å². The molecule has 0 aliphatic heterocycles. The maximum absolute atomic E-state index is 12.2. The quantitative estimate of drug-likeness (QED) is 0.407. The smallest absolute Gasteiger partial charge is 0.338 e. The Morgan fingerprint density at radius 3 is 2.11 bits per heavy atom. The second-order valence-electron chi connectivity index (χ2n) is 6.70. The third kappa shape index (κ3) is 7.26. The van der Waals surface area contributed by atoms with Gasteiger partial charge in [-0.15, -0.1) is 0 Å². The highest BCUT2D eigenvalue weighted by Gasteiger charge is 2.14. The van der Waals surface area contributed by atoms with E-state index in [9.17, 15) is 9.59 Å². The summed E-state index contributed by atoms with van der Waals surface area (Å²) >= 11 is 0. The van der Waals surface area contributed by atoms with Crippen LogP contribution in [-0.2, 0) is 16.1 Å². The summed E-state index contributed by atoms with van der Waals surface area (Å²) in [4.78, 5) is 24.3. The summed E-state index contributed by atoms with van der Waals surface area (Å²) < 4.78 is 10.8. The van der Waals surface area contributed by atoms with E-state index in [-0.39, 0.29) is 18.7 Å². The van der Waals surface area contributed by atoms with Crippen LogP contribution in [0.25, 0.3) is 0 Å². The minimum atomic E-state index is -0.414. The van der Waals surface area contributed by atoms with Crippen molar-refractivity contribution >= 4 is 11.9 Å². The SMILES string of the molecule is CCCCCC[C@@H](C)OC(=O)c1ccc(C(=O)OCc2ccccc2)cc1. The topological polar surface area (TPSA) is 52.6 Å². The summed E-state index contributed by atoms with van der Waals surface area (Å²) in [5.74, 6) is -0.773. The molecule has 0 saturated carbocycles. The van der Waals surface area contributed by atoms with Crippen molar-refractivity contribution in [2.45, 2.75) is 58.7 Å². The second kappa shape index (κ2) is 11.2. The van der Waals surface area contributed by atoms with Crippen LogP contribution in [0.3, 0.4) is 0 Å². The summed E-state index contributed by atoms with van der Waals surface area (Å²) in [7, 11) is 0. The van der Waals surface area contributed by atoms with E-state index in [1.165, 1.54) is 12.8 Å². The summed E-state index contributed by atoms with van der Waals surface area (Å²) in [5, 5.41) is 0. The molecule has 2 aromatic rings. The van der Waals surface area contributed by atoms with Crippen molar-refractivity contribution in [2.24, 2.45) is 0 Å². The zero-order valence-corrected chi connectivity index (χ0v) is 16.1. The molecule has 0 N–H and O–H groups in total. The first kappa shape index (κ1) is 20.7. The van der Waals surface area contributed by atoms with Gasteiger partial charge in [0.2, 0.25) is 0 Å². The van der Waals surface area contributed by atoms with Crippen molar-refractivity contribution in [2.75, 3.05) is 0 Å². The van der Waals surface area contributed by atoms with Gasteiger partial charge >= 0.3 is 11.9 Å². The van der Waals surface area contributed by atoms with Crippen LogP contribution in [-0.4, -0.2) is 18.0 Å². The number of ether oxygens (including phenoxy) is 2. The molecule has 0 fully saturated rings. The minimum absolute atomic E-state index is 0.107. The van der Waals surface area contributed by atoms with E-state index in [0.29, 0.717) is 11.1 Å². The Labute approximate surface area is 161 Å². The molecular weight excluding hydrogens is 340 g/mol. The highest BCUT2D eigenvalue weighted by molar-refractivity contribution is 5.93. The zero-order chi connectivity index (χ0) is 19.5. The normalized spacial score (nSPS) is 11.6. The predicted molar refractivity (Wildman–Crippen MR) is 106 cm³/mol. The molecule has 144 valence electrons. The number of esters is 2. The van der Waals surface area contributed by atoms with Crippen molar-refractivity contribution in [1.82, 2.24) is 0 Å². The predicted octanol–water partition coefficient (Wildman–Crippen LogP) is 5.56. The lowest BCUT2D eigenvalue weighted by atomic mass is 10.1. The van der Waals surface area contributed by atoms with Gasteiger partial charge in [-0.25, -0.2) is 9.59 Å². The van der Waals surface area contributed by atoms with E-state index >= 15 is 0 Å². The molecule has 0 unspecified atom stereocenters. The molecule has 4 heteroatoms. The van der Waals surface area contributed by atoms with E-state index < -0.39 is 5.97 Å². The first-order valence-corrected chi connectivity index (χ1v) is 9.62. The molecule has 0 heterocycles. The van der Waals surface area contributed by atoms with E-state index in [0.717, 1.165) is 24.8 Å². The Balaban J connectivity index is 1.81. The molecule has 2 aromatic carbocycles. The zero-order valence-electron chi connectivity index (χ0n) is 16.1. The first-order valence-electron chi connectivity index (χ1n) is 9.62. The fourth-order valence-corrected chi connectivity index (χ4v) is 2.72. The average molecular weight is 368 g/mol. The van der Waals surface area contributed by atoms with Gasteiger partial charge < -0.3 is 9.47 Å². The number of rotatable bonds is 10. The summed E-state index contributed by atoms with van der Waals surface area (Å²) in [6.45, 7) is 4.31. The van der Waals surface area contributed by atoms with Crippen molar-refractivity contribution in [3.63, 3.8) is 0 Å². The number of benzene rings is 2. The third-order valence-electron chi connectivity index (χ3n) is 4.34. The van der Waals surface area contributed by atoms with Crippen LogP contribution < -0.4 is 0 Å². The van der Waals surface area contributed by atoms with Gasteiger partial charge in [0.15, 0.2) is 0 Å². The van der Waals surface area contributed by atoms with Crippen LogP contribution in [0.2, 0.25) is 0 Å². The van der Waals surface area contributed by atoms with Gasteiger partial charge in [-0.05, 0) is 49.6 Å². The number of carbonyl (C=O) groups excluding carboxylic acids is 2. The van der Waals surface area contributed by atoms with Gasteiger partial charge in [0, 0.05) is 0 Å². The highest BCUT2D eigenvalue weighted by Crippen LogP contribution is 2.13. The molecule has 27 heavy (non-hydrogen) atoms. The van der Waals surface area contributed by atoms with Gasteiger partial charge in [-0.3, -0.25) is 0 Å². The Hall–Kier alpha value is -2.62. The average Bonchev–Trinajstić information content (AvgIpc) is 2.70. The molecule has 2 rings (SSSR count). The molecule has 0 aliphatic carbocycles. The Bertz CT molecular complexity index is 707. The van der Waals surface area contributed by atoms with Crippen LogP contribution in [0.15, 0.2) is 54.6 Å². The summed E-state index contributed by atoms with van der Waals surface area (Å²) in [6.07, 6.45) is 5.39. The van der Waals surface area contributed by atoms with Gasteiger partial charge in [-0.1, -0.05) is 56.5 Å². The lowest BCUT2D eigenvalue weighted by Crippen LogP contribution is -2.15. The Morgan fingerprint density at radius 1 is 0.852 bits per heavy atom. The molecule has 0 radical (unpaired) electrons. The molecule has 0 aromatic heterocycles. The molecule has 0 bridgehead atoms. The van der Waals surface area contributed by atoms with Crippen molar-refractivity contribution < 1.29 is 19.1 Å². The first-order chi connectivity index (χ1) is 13.1. The van der Waals surface area contributed by atoms with Crippen molar-refractivity contribution in [1.29, 1.82) is 0 Å². The number of unbranched alkanes of at least 4 members (excludes halogenated alkanes) is 3. The van der Waals surface area contributed by atoms with E-state index in [2.05, 4.69) is 6.92 Å². The lowest BCUT2D eigenvalue weighted by Gasteiger charge is -2.13. The van der Waals surface area contributed by atoms with Crippen LogP contribution in [0.1, 0.15) is 72.2 Å². The molecule has 0 aliphatic rings.